The first-order valence-corrected chi connectivity index (χ1v) is 14.6. The third-order valence-corrected chi connectivity index (χ3v) is 9.00. The molecule has 3 aromatic rings. The number of anilines is 1. The Morgan fingerprint density at radius 1 is 0.930 bits per heavy atom. The first kappa shape index (κ1) is 31.2. The van der Waals surface area contributed by atoms with Crippen molar-refractivity contribution in [2.45, 2.75) is 24.7 Å². The molecule has 2 heterocycles. The lowest BCUT2D eigenvalue weighted by atomic mass is 9.93. The van der Waals surface area contributed by atoms with E-state index in [1.54, 1.807) is 19.2 Å². The van der Waals surface area contributed by atoms with E-state index >= 15 is 0 Å². The molecule has 2 unspecified atom stereocenters. The summed E-state index contributed by atoms with van der Waals surface area (Å²) in [5.41, 5.74) is 1.07. The van der Waals surface area contributed by atoms with Crippen molar-refractivity contribution in [1.29, 1.82) is 0 Å². The van der Waals surface area contributed by atoms with Gasteiger partial charge in [0.05, 0.1) is 22.7 Å². The quantitative estimate of drug-likeness (QED) is 0.273. The Labute approximate surface area is 258 Å². The Kier molecular flexibility index (Phi) is 9.29. The van der Waals surface area contributed by atoms with Gasteiger partial charge in [0.25, 0.3) is 0 Å². The number of likely N-dealkylation sites (tertiary alicyclic amines) is 1. The number of alkyl halides is 3. The fourth-order valence-electron chi connectivity index (χ4n) is 5.90. The van der Waals surface area contributed by atoms with Gasteiger partial charge in [0.1, 0.15) is 11.6 Å². The van der Waals surface area contributed by atoms with E-state index in [9.17, 15) is 22.4 Å². The molecule has 0 radical (unpaired) electrons. The number of urea groups is 1. The van der Waals surface area contributed by atoms with Crippen molar-refractivity contribution in [3.8, 4) is 5.75 Å². The molecule has 0 spiro atoms. The fraction of sp³-hybridized carbons (Fsp3) is 0.387. The van der Waals surface area contributed by atoms with Crippen LogP contribution in [0.2, 0.25) is 10.0 Å². The number of piperazine rings is 1. The highest BCUT2D eigenvalue weighted by Gasteiger charge is 2.41. The summed E-state index contributed by atoms with van der Waals surface area (Å²) in [6, 6.07) is 15.9. The van der Waals surface area contributed by atoms with Gasteiger partial charge in [0.15, 0.2) is 0 Å². The van der Waals surface area contributed by atoms with Crippen LogP contribution in [0.25, 0.3) is 0 Å². The highest BCUT2D eigenvalue weighted by Crippen LogP contribution is 2.36. The van der Waals surface area contributed by atoms with Gasteiger partial charge in [-0.15, -0.1) is 0 Å². The number of methoxy groups -OCH3 is 1. The van der Waals surface area contributed by atoms with Gasteiger partial charge in [0, 0.05) is 63.5 Å². The van der Waals surface area contributed by atoms with Crippen LogP contribution in [0.5, 0.6) is 5.75 Å². The molecule has 43 heavy (non-hydrogen) atoms. The molecular weight excluding hydrogens is 607 g/mol. The number of likely N-dealkylation sites (N-methyl/N-ethyl adjacent to an activating group) is 1. The molecule has 0 aromatic heterocycles. The zero-order valence-corrected chi connectivity index (χ0v) is 25.3. The van der Waals surface area contributed by atoms with Gasteiger partial charge < -0.3 is 19.4 Å². The number of carbonyl (C=O) groups excluding carboxylic acids is 1. The molecular formula is C31H32Cl2F4N4O2. The van der Waals surface area contributed by atoms with E-state index in [2.05, 4.69) is 4.90 Å². The van der Waals surface area contributed by atoms with Gasteiger partial charge in [0.2, 0.25) is 0 Å². The van der Waals surface area contributed by atoms with Crippen LogP contribution in [0.3, 0.4) is 0 Å². The number of amides is 2. The van der Waals surface area contributed by atoms with Crippen LogP contribution in [0.15, 0.2) is 60.7 Å². The molecule has 6 nitrogen and oxygen atoms in total. The molecule has 2 atom stereocenters. The minimum atomic E-state index is -4.76. The van der Waals surface area contributed by atoms with Crippen molar-refractivity contribution < 1.29 is 27.1 Å². The second kappa shape index (κ2) is 12.8. The third-order valence-electron chi connectivity index (χ3n) is 8.26. The number of hydrogen-bond donors (Lipinski definition) is 0. The lowest BCUT2D eigenvalue weighted by molar-refractivity contribution is -0.140. The zero-order chi connectivity index (χ0) is 30.9. The molecule has 2 amide bonds. The molecule has 3 aromatic carbocycles. The highest BCUT2D eigenvalue weighted by atomic mass is 35.5. The van der Waals surface area contributed by atoms with E-state index in [0.29, 0.717) is 54.9 Å². The number of halogens is 6. The topological polar surface area (TPSA) is 39.3 Å². The fourth-order valence-corrected chi connectivity index (χ4v) is 6.21. The summed E-state index contributed by atoms with van der Waals surface area (Å²) in [6.45, 7) is 3.50. The molecule has 0 aliphatic carbocycles. The lowest BCUT2D eigenvalue weighted by Gasteiger charge is -2.38. The molecule has 2 fully saturated rings. The average molecular weight is 640 g/mol. The number of hydrogen-bond acceptors (Lipinski definition) is 4. The molecule has 230 valence electrons. The van der Waals surface area contributed by atoms with E-state index in [4.69, 9.17) is 27.9 Å². The van der Waals surface area contributed by atoms with E-state index < -0.39 is 17.6 Å². The standard InChI is InChI=1S/C31H32Cl2F4N4O2/c1-38(17-20-3-9-25(28(34)15-20)31(35,36)37)29-19-41(18-24(29)21-4-10-26(32)27(33)16-21)30(42)40-13-11-39(12-14-40)22-5-7-23(43-2)8-6-22/h3-10,15-16,24,29H,11-14,17-19H2,1-2H3. The van der Waals surface area contributed by atoms with E-state index in [1.165, 1.54) is 6.07 Å². The van der Waals surface area contributed by atoms with Crippen molar-refractivity contribution in [1.82, 2.24) is 14.7 Å². The van der Waals surface area contributed by atoms with E-state index in [0.717, 1.165) is 29.1 Å². The maximum absolute atomic E-state index is 14.3. The van der Waals surface area contributed by atoms with Gasteiger partial charge in [-0.05, 0) is 66.7 Å². The third kappa shape index (κ3) is 6.97. The van der Waals surface area contributed by atoms with Crippen LogP contribution in [0, 0.1) is 5.82 Å². The largest absolute Gasteiger partial charge is 0.497 e. The Morgan fingerprint density at radius 3 is 2.23 bits per heavy atom. The van der Waals surface area contributed by atoms with E-state index in [1.807, 2.05) is 52.1 Å². The smallest absolute Gasteiger partial charge is 0.419 e. The van der Waals surface area contributed by atoms with Crippen molar-refractivity contribution in [2.75, 3.05) is 58.3 Å². The Hall–Kier alpha value is -3.21. The summed E-state index contributed by atoms with van der Waals surface area (Å²) in [7, 11) is 3.45. The Bertz CT molecular complexity index is 1450. The predicted molar refractivity (Wildman–Crippen MR) is 160 cm³/mol. The van der Waals surface area contributed by atoms with E-state index in [-0.39, 0.29) is 24.5 Å². The van der Waals surface area contributed by atoms with Crippen molar-refractivity contribution in [3.63, 3.8) is 0 Å². The molecule has 2 aliphatic rings. The summed E-state index contributed by atoms with van der Waals surface area (Å²) in [4.78, 5) is 21.6. The maximum Gasteiger partial charge on any atom is 0.419 e. The highest BCUT2D eigenvalue weighted by molar-refractivity contribution is 6.42. The van der Waals surface area contributed by atoms with Crippen LogP contribution in [0.1, 0.15) is 22.6 Å². The first-order chi connectivity index (χ1) is 20.4. The molecule has 0 saturated carbocycles. The van der Waals surface area contributed by atoms with Gasteiger partial charge in [-0.25, -0.2) is 9.18 Å². The Morgan fingerprint density at radius 2 is 1.63 bits per heavy atom. The summed E-state index contributed by atoms with van der Waals surface area (Å²) in [5, 5.41) is 0.807. The molecule has 2 saturated heterocycles. The summed E-state index contributed by atoms with van der Waals surface area (Å²) >= 11 is 12.5. The van der Waals surface area contributed by atoms with Crippen molar-refractivity contribution in [2.24, 2.45) is 0 Å². The lowest BCUT2D eigenvalue weighted by Crippen LogP contribution is -2.52. The number of nitrogens with zero attached hydrogens (tertiary/aromatic N) is 4. The molecule has 0 bridgehead atoms. The number of carbonyl (C=O) groups is 1. The van der Waals surface area contributed by atoms with Gasteiger partial charge in [-0.2, -0.15) is 13.2 Å². The number of ether oxygens (including phenoxy) is 1. The van der Waals surface area contributed by atoms with Crippen LogP contribution in [-0.2, 0) is 12.7 Å². The van der Waals surface area contributed by atoms with Crippen molar-refractivity contribution >= 4 is 34.9 Å². The molecule has 0 N–H and O–H groups in total. The summed E-state index contributed by atoms with van der Waals surface area (Å²) in [6.07, 6.45) is -4.76. The molecule has 5 rings (SSSR count). The van der Waals surface area contributed by atoms with Gasteiger partial charge in [-0.3, -0.25) is 4.90 Å². The number of benzene rings is 3. The van der Waals surface area contributed by atoms with Crippen molar-refractivity contribution in [3.05, 3.63) is 93.2 Å². The average Bonchev–Trinajstić information content (AvgIpc) is 3.43. The van der Waals surface area contributed by atoms with Crippen LogP contribution < -0.4 is 9.64 Å². The normalized spacial score (nSPS) is 19.3. The number of rotatable bonds is 6. The SMILES string of the molecule is COc1ccc(N2CCN(C(=O)N3CC(c4ccc(Cl)c(Cl)c4)C(N(C)Cc4ccc(C(F)(F)F)c(F)c4)C3)CC2)cc1. The summed E-state index contributed by atoms with van der Waals surface area (Å²) in [5.74, 6) is -0.675. The first-order valence-electron chi connectivity index (χ1n) is 13.9. The van der Waals surface area contributed by atoms with Crippen LogP contribution >= 0.6 is 23.2 Å². The second-order valence-corrected chi connectivity index (χ2v) is 11.7. The predicted octanol–water partition coefficient (Wildman–Crippen LogP) is 7.00. The second-order valence-electron chi connectivity index (χ2n) is 10.9. The molecule has 12 heteroatoms. The van der Waals surface area contributed by atoms with Gasteiger partial charge in [-0.1, -0.05) is 35.3 Å². The maximum atomic E-state index is 14.3. The monoisotopic (exact) mass is 638 g/mol. The summed E-state index contributed by atoms with van der Waals surface area (Å²) < 4.78 is 58.8. The molecule has 2 aliphatic heterocycles. The van der Waals surface area contributed by atoms with Crippen LogP contribution in [0.4, 0.5) is 28.0 Å². The van der Waals surface area contributed by atoms with Gasteiger partial charge >= 0.3 is 12.2 Å². The van der Waals surface area contributed by atoms with Crippen LogP contribution in [-0.4, -0.2) is 80.2 Å². The Balaban J connectivity index is 1.30. The minimum Gasteiger partial charge on any atom is -0.497 e. The minimum absolute atomic E-state index is 0.0732. The zero-order valence-electron chi connectivity index (χ0n) is 23.8.